The number of hydrogen-bond acceptors (Lipinski definition) is 2. The van der Waals surface area contributed by atoms with Gasteiger partial charge in [-0.25, -0.2) is 0 Å². The van der Waals surface area contributed by atoms with E-state index >= 15 is 0 Å². The minimum Gasteiger partial charge on any atom is -0.297 e. The van der Waals surface area contributed by atoms with Crippen molar-refractivity contribution in [3.63, 3.8) is 0 Å². The monoisotopic (exact) mass is 168 g/mol. The molecule has 0 aliphatic rings. The van der Waals surface area contributed by atoms with Crippen molar-refractivity contribution in [2.24, 2.45) is 0 Å². The minimum absolute atomic E-state index is 0.164. The van der Waals surface area contributed by atoms with Gasteiger partial charge in [0.1, 0.15) is 0 Å². The zero-order chi connectivity index (χ0) is 8.48. The molecule has 0 aromatic carbocycles. The maximum absolute atomic E-state index is 10.4. The third kappa shape index (κ3) is 1.90. The molecule has 1 heterocycles. The van der Waals surface area contributed by atoms with Crippen LogP contribution in [0.3, 0.4) is 0 Å². The molecule has 1 nitrogen and oxygen atoms in total. The molecule has 0 radical (unpaired) electrons. The summed E-state index contributed by atoms with van der Waals surface area (Å²) in [6, 6.07) is 1.96. The molecule has 60 valence electrons. The summed E-state index contributed by atoms with van der Waals surface area (Å²) in [6.45, 7) is 6.43. The fourth-order valence-electron chi connectivity index (χ4n) is 0.808. The van der Waals surface area contributed by atoms with Gasteiger partial charge in [-0.3, -0.25) is 4.79 Å². The first kappa shape index (κ1) is 8.47. The molecule has 1 aromatic heterocycles. The van der Waals surface area contributed by atoms with Gasteiger partial charge in [0.25, 0.3) is 0 Å². The van der Waals surface area contributed by atoms with Crippen LogP contribution in [0.25, 0.3) is 0 Å². The molecule has 0 aliphatic carbocycles. The molecule has 0 spiro atoms. The Morgan fingerprint density at radius 2 is 2.09 bits per heavy atom. The Balaban J connectivity index is 2.98. The second-order valence-electron chi connectivity index (χ2n) is 3.61. The highest BCUT2D eigenvalue weighted by atomic mass is 32.1. The molecule has 0 amide bonds. The summed E-state index contributed by atoms with van der Waals surface area (Å²) in [4.78, 5) is 11.2. The lowest BCUT2D eigenvalue weighted by Gasteiger charge is -2.15. The lowest BCUT2D eigenvalue weighted by molar-refractivity contribution is 0.112. The van der Waals surface area contributed by atoms with Crippen molar-refractivity contribution in [2.45, 2.75) is 26.2 Å². The van der Waals surface area contributed by atoms with Gasteiger partial charge in [0, 0.05) is 0 Å². The van der Waals surface area contributed by atoms with E-state index in [1.54, 1.807) is 0 Å². The van der Waals surface area contributed by atoms with Gasteiger partial charge in [-0.15, -0.1) is 11.3 Å². The lowest BCUT2D eigenvalue weighted by atomic mass is 9.89. The van der Waals surface area contributed by atoms with E-state index in [-0.39, 0.29) is 5.41 Å². The van der Waals surface area contributed by atoms with Crippen LogP contribution < -0.4 is 0 Å². The first-order valence-electron chi connectivity index (χ1n) is 3.58. The normalized spacial score (nSPS) is 11.5. The predicted molar refractivity (Wildman–Crippen MR) is 48.4 cm³/mol. The third-order valence-corrected chi connectivity index (χ3v) is 2.46. The lowest BCUT2D eigenvalue weighted by Crippen LogP contribution is -2.08. The first-order valence-corrected chi connectivity index (χ1v) is 4.46. The molecular weight excluding hydrogens is 156 g/mol. The number of rotatable bonds is 1. The summed E-state index contributed by atoms with van der Waals surface area (Å²) in [5.74, 6) is 0. The van der Waals surface area contributed by atoms with E-state index < -0.39 is 0 Å². The number of carbonyl (C=O) groups excluding carboxylic acids is 1. The van der Waals surface area contributed by atoms with Gasteiger partial charge in [0.15, 0.2) is 6.29 Å². The molecule has 0 aliphatic heterocycles. The van der Waals surface area contributed by atoms with Crippen LogP contribution in [0.4, 0.5) is 0 Å². The van der Waals surface area contributed by atoms with E-state index in [1.165, 1.54) is 16.9 Å². The topological polar surface area (TPSA) is 17.1 Å². The number of hydrogen-bond donors (Lipinski definition) is 0. The fourth-order valence-corrected chi connectivity index (χ4v) is 1.74. The predicted octanol–water partition coefficient (Wildman–Crippen LogP) is 2.86. The van der Waals surface area contributed by atoms with Gasteiger partial charge in [-0.05, 0) is 22.4 Å². The average Bonchev–Trinajstić information content (AvgIpc) is 2.32. The van der Waals surface area contributed by atoms with Gasteiger partial charge < -0.3 is 0 Å². The molecule has 0 atom stereocenters. The minimum atomic E-state index is 0.164. The van der Waals surface area contributed by atoms with Gasteiger partial charge in [-0.2, -0.15) is 0 Å². The summed E-state index contributed by atoms with van der Waals surface area (Å²) in [7, 11) is 0. The van der Waals surface area contributed by atoms with Crippen LogP contribution in [0, 0.1) is 0 Å². The van der Waals surface area contributed by atoms with Crippen molar-refractivity contribution in [3.8, 4) is 0 Å². The van der Waals surface area contributed by atoms with E-state index in [4.69, 9.17) is 0 Å². The molecule has 0 bridgehead atoms. The Kier molecular flexibility index (Phi) is 2.14. The second-order valence-corrected chi connectivity index (χ2v) is 4.55. The van der Waals surface area contributed by atoms with Crippen LogP contribution in [-0.4, -0.2) is 6.29 Å². The molecule has 0 N–H and O–H groups in total. The van der Waals surface area contributed by atoms with Crippen molar-refractivity contribution < 1.29 is 4.79 Å². The van der Waals surface area contributed by atoms with Crippen LogP contribution >= 0.6 is 11.3 Å². The molecule has 1 aromatic rings. The third-order valence-electron chi connectivity index (χ3n) is 1.60. The highest BCUT2D eigenvalue weighted by Gasteiger charge is 2.14. The molecule has 1 rings (SSSR count). The number of aldehydes is 1. The fraction of sp³-hybridized carbons (Fsp3) is 0.444. The van der Waals surface area contributed by atoms with E-state index in [9.17, 15) is 4.79 Å². The highest BCUT2D eigenvalue weighted by molar-refractivity contribution is 7.11. The van der Waals surface area contributed by atoms with Crippen molar-refractivity contribution in [1.29, 1.82) is 0 Å². The summed E-state index contributed by atoms with van der Waals surface area (Å²) in [6.07, 6.45) is 0.903. The quantitative estimate of drug-likeness (QED) is 0.589. The van der Waals surface area contributed by atoms with Crippen molar-refractivity contribution >= 4 is 17.6 Å². The van der Waals surface area contributed by atoms with E-state index in [0.717, 1.165) is 11.2 Å². The molecule has 2 heteroatoms. The number of thiophene rings is 1. The maximum atomic E-state index is 10.4. The zero-order valence-electron chi connectivity index (χ0n) is 7.05. The van der Waals surface area contributed by atoms with Crippen molar-refractivity contribution in [1.82, 2.24) is 0 Å². The largest absolute Gasteiger partial charge is 0.297 e. The molecular formula is C9H12OS. The first-order chi connectivity index (χ1) is 5.04. The molecule has 0 fully saturated rings. The van der Waals surface area contributed by atoms with E-state index in [2.05, 4.69) is 20.8 Å². The van der Waals surface area contributed by atoms with Gasteiger partial charge in [0.05, 0.1) is 4.88 Å². The Morgan fingerprint density at radius 3 is 2.36 bits per heavy atom. The Bertz CT molecular complexity index is 255. The van der Waals surface area contributed by atoms with Gasteiger partial charge in [0.2, 0.25) is 0 Å². The molecule has 0 saturated heterocycles. The van der Waals surface area contributed by atoms with Crippen LogP contribution in [-0.2, 0) is 5.41 Å². The SMILES string of the molecule is CC(C)(C)c1csc(C=O)c1. The Morgan fingerprint density at radius 1 is 1.45 bits per heavy atom. The van der Waals surface area contributed by atoms with Gasteiger partial charge in [-0.1, -0.05) is 20.8 Å². The van der Waals surface area contributed by atoms with E-state index in [1.807, 2.05) is 11.4 Å². The molecule has 11 heavy (non-hydrogen) atoms. The van der Waals surface area contributed by atoms with Crippen molar-refractivity contribution in [3.05, 3.63) is 21.9 Å². The Hall–Kier alpha value is -0.630. The zero-order valence-corrected chi connectivity index (χ0v) is 7.87. The Labute approximate surface area is 71.1 Å². The standard InChI is InChI=1S/C9H12OS/c1-9(2,3)7-4-8(5-10)11-6-7/h4-6H,1-3H3. The second kappa shape index (κ2) is 2.78. The maximum Gasteiger partial charge on any atom is 0.160 e. The molecule has 0 saturated carbocycles. The van der Waals surface area contributed by atoms with Crippen LogP contribution in [0.15, 0.2) is 11.4 Å². The summed E-state index contributed by atoms with van der Waals surface area (Å²) in [5.41, 5.74) is 1.40. The average molecular weight is 168 g/mol. The van der Waals surface area contributed by atoms with Crippen molar-refractivity contribution in [2.75, 3.05) is 0 Å². The van der Waals surface area contributed by atoms with E-state index in [0.29, 0.717) is 0 Å². The number of carbonyl (C=O) groups is 1. The smallest absolute Gasteiger partial charge is 0.160 e. The van der Waals surface area contributed by atoms with Crippen LogP contribution in [0.5, 0.6) is 0 Å². The summed E-state index contributed by atoms with van der Waals surface area (Å²) < 4.78 is 0. The van der Waals surface area contributed by atoms with Crippen LogP contribution in [0.2, 0.25) is 0 Å². The highest BCUT2D eigenvalue weighted by Crippen LogP contribution is 2.26. The van der Waals surface area contributed by atoms with Gasteiger partial charge >= 0.3 is 0 Å². The van der Waals surface area contributed by atoms with Crippen LogP contribution in [0.1, 0.15) is 36.0 Å². The molecule has 0 unspecified atom stereocenters. The summed E-state index contributed by atoms with van der Waals surface area (Å²) >= 11 is 1.51. The summed E-state index contributed by atoms with van der Waals surface area (Å²) in [5, 5.41) is 2.05.